The molecule has 0 aliphatic heterocycles. The van der Waals surface area contributed by atoms with Crippen LogP contribution in [-0.4, -0.2) is 34.0 Å². The topological polar surface area (TPSA) is 111 Å². The smallest absolute Gasteiger partial charge is 0.343 e. The maximum atomic E-state index is 13.0. The van der Waals surface area contributed by atoms with Crippen molar-refractivity contribution in [1.29, 1.82) is 0 Å². The van der Waals surface area contributed by atoms with Gasteiger partial charge in [0.25, 0.3) is 15.9 Å². The molecule has 0 saturated heterocycles. The number of methoxy groups -OCH3 is 1. The fraction of sp³-hybridized carbons (Fsp3) is 0.200. The summed E-state index contributed by atoms with van der Waals surface area (Å²) in [6.07, 6.45) is 0. The second-order valence-electron chi connectivity index (χ2n) is 7.69. The van der Waals surface area contributed by atoms with E-state index in [0.717, 1.165) is 5.56 Å². The summed E-state index contributed by atoms with van der Waals surface area (Å²) < 4.78 is 38.3. The number of para-hydroxylation sites is 1. The van der Waals surface area contributed by atoms with E-state index in [1.807, 2.05) is 6.07 Å². The van der Waals surface area contributed by atoms with Gasteiger partial charge in [-0.15, -0.1) is 0 Å². The van der Waals surface area contributed by atoms with Crippen LogP contribution in [-0.2, 0) is 19.6 Å². The molecule has 0 heterocycles. The lowest BCUT2D eigenvalue weighted by Crippen LogP contribution is -2.18. The standard InChI is InChI=1S/C25H26N2O6S/c1-16-9-11-20(34(30,31)27-23-8-6-5-7-17(23)2)14-21(16)25(29)26-22-12-10-19(13-18(22)3)33-15-24(28)32-4/h5-14,27H,15H2,1-4H3,(H,26,29). The van der Waals surface area contributed by atoms with Crippen LogP contribution in [0.3, 0.4) is 0 Å². The van der Waals surface area contributed by atoms with Gasteiger partial charge in [0, 0.05) is 11.3 Å². The molecule has 0 bridgehead atoms. The van der Waals surface area contributed by atoms with Crippen LogP contribution in [0.1, 0.15) is 27.0 Å². The fourth-order valence-electron chi connectivity index (χ4n) is 3.16. The Balaban J connectivity index is 1.80. The van der Waals surface area contributed by atoms with Crippen molar-refractivity contribution in [3.05, 3.63) is 82.9 Å². The van der Waals surface area contributed by atoms with Crippen LogP contribution in [0.25, 0.3) is 0 Å². The molecule has 0 fully saturated rings. The first-order chi connectivity index (χ1) is 16.1. The SMILES string of the molecule is COC(=O)COc1ccc(NC(=O)c2cc(S(=O)(=O)Nc3ccccc3C)ccc2C)c(C)c1. The van der Waals surface area contributed by atoms with Gasteiger partial charge < -0.3 is 14.8 Å². The van der Waals surface area contributed by atoms with Crippen molar-refractivity contribution in [3.63, 3.8) is 0 Å². The molecular formula is C25H26N2O6S. The minimum atomic E-state index is -3.90. The molecule has 0 spiro atoms. The molecule has 0 aliphatic rings. The summed E-state index contributed by atoms with van der Waals surface area (Å²) >= 11 is 0. The summed E-state index contributed by atoms with van der Waals surface area (Å²) in [5.74, 6) is -0.499. The molecule has 0 aliphatic carbocycles. The minimum absolute atomic E-state index is 0.0187. The highest BCUT2D eigenvalue weighted by molar-refractivity contribution is 7.92. The van der Waals surface area contributed by atoms with E-state index in [4.69, 9.17) is 4.74 Å². The monoisotopic (exact) mass is 482 g/mol. The third kappa shape index (κ3) is 5.93. The van der Waals surface area contributed by atoms with Gasteiger partial charge in [-0.1, -0.05) is 24.3 Å². The Labute approximate surface area is 199 Å². The van der Waals surface area contributed by atoms with Gasteiger partial charge in [-0.05, 0) is 73.9 Å². The van der Waals surface area contributed by atoms with Crippen molar-refractivity contribution in [2.45, 2.75) is 25.7 Å². The molecule has 3 rings (SSSR count). The van der Waals surface area contributed by atoms with E-state index in [0.29, 0.717) is 28.3 Å². The number of amides is 1. The van der Waals surface area contributed by atoms with E-state index < -0.39 is 21.9 Å². The Morgan fingerprint density at radius 2 is 1.59 bits per heavy atom. The van der Waals surface area contributed by atoms with Gasteiger partial charge >= 0.3 is 5.97 Å². The first kappa shape index (κ1) is 24.8. The van der Waals surface area contributed by atoms with Crippen LogP contribution < -0.4 is 14.8 Å². The average molecular weight is 483 g/mol. The predicted octanol–water partition coefficient (Wildman–Crippen LogP) is 4.22. The fourth-order valence-corrected chi connectivity index (χ4v) is 4.32. The lowest BCUT2D eigenvalue weighted by Gasteiger charge is -2.14. The van der Waals surface area contributed by atoms with E-state index in [1.54, 1.807) is 63.2 Å². The maximum Gasteiger partial charge on any atom is 0.343 e. The number of nitrogens with one attached hydrogen (secondary N) is 2. The summed E-state index contributed by atoms with van der Waals surface area (Å²) in [6.45, 7) is 5.09. The highest BCUT2D eigenvalue weighted by atomic mass is 32.2. The zero-order valence-corrected chi connectivity index (χ0v) is 20.2. The number of hydrogen-bond donors (Lipinski definition) is 2. The third-order valence-corrected chi connectivity index (χ3v) is 6.55. The van der Waals surface area contributed by atoms with Gasteiger partial charge in [0.15, 0.2) is 6.61 Å². The van der Waals surface area contributed by atoms with E-state index in [2.05, 4.69) is 14.8 Å². The van der Waals surface area contributed by atoms with E-state index in [9.17, 15) is 18.0 Å². The number of carbonyl (C=O) groups excluding carboxylic acids is 2. The predicted molar refractivity (Wildman–Crippen MR) is 130 cm³/mol. The first-order valence-electron chi connectivity index (χ1n) is 10.4. The molecule has 0 atom stereocenters. The molecule has 34 heavy (non-hydrogen) atoms. The number of benzene rings is 3. The van der Waals surface area contributed by atoms with Crippen molar-refractivity contribution < 1.29 is 27.5 Å². The quantitative estimate of drug-likeness (QED) is 0.465. The molecule has 3 aromatic rings. The summed E-state index contributed by atoms with van der Waals surface area (Å²) in [5, 5.41) is 2.81. The largest absolute Gasteiger partial charge is 0.482 e. The Bertz CT molecular complexity index is 1330. The Hall–Kier alpha value is -3.85. The minimum Gasteiger partial charge on any atom is -0.482 e. The Kier molecular flexibility index (Phi) is 7.57. The van der Waals surface area contributed by atoms with Crippen LogP contribution >= 0.6 is 0 Å². The number of rotatable bonds is 8. The highest BCUT2D eigenvalue weighted by Crippen LogP contribution is 2.25. The Morgan fingerprint density at radius 3 is 2.26 bits per heavy atom. The lowest BCUT2D eigenvalue weighted by atomic mass is 10.1. The maximum absolute atomic E-state index is 13.0. The second kappa shape index (κ2) is 10.4. The van der Waals surface area contributed by atoms with Crippen LogP contribution in [0.2, 0.25) is 0 Å². The van der Waals surface area contributed by atoms with Gasteiger partial charge in [0.2, 0.25) is 0 Å². The average Bonchev–Trinajstić information content (AvgIpc) is 2.80. The van der Waals surface area contributed by atoms with E-state index in [-0.39, 0.29) is 17.1 Å². The second-order valence-corrected chi connectivity index (χ2v) is 9.38. The summed E-state index contributed by atoms with van der Waals surface area (Å²) in [6, 6.07) is 16.4. The van der Waals surface area contributed by atoms with Gasteiger partial charge in [-0.3, -0.25) is 9.52 Å². The highest BCUT2D eigenvalue weighted by Gasteiger charge is 2.19. The van der Waals surface area contributed by atoms with Crippen molar-refractivity contribution >= 4 is 33.3 Å². The summed E-state index contributed by atoms with van der Waals surface area (Å²) in [5.41, 5.74) is 3.35. The van der Waals surface area contributed by atoms with Gasteiger partial charge in [0.05, 0.1) is 17.7 Å². The molecule has 0 radical (unpaired) electrons. The number of anilines is 2. The molecule has 178 valence electrons. The molecule has 0 saturated carbocycles. The molecule has 0 aromatic heterocycles. The normalized spacial score (nSPS) is 10.9. The van der Waals surface area contributed by atoms with Crippen molar-refractivity contribution in [3.8, 4) is 5.75 Å². The van der Waals surface area contributed by atoms with Crippen LogP contribution in [0.4, 0.5) is 11.4 Å². The number of aryl methyl sites for hydroxylation is 3. The number of hydrogen-bond acceptors (Lipinski definition) is 6. The Morgan fingerprint density at radius 1 is 0.853 bits per heavy atom. The number of ether oxygens (including phenoxy) is 2. The number of sulfonamides is 1. The van der Waals surface area contributed by atoms with Crippen molar-refractivity contribution in [2.24, 2.45) is 0 Å². The van der Waals surface area contributed by atoms with Crippen LogP contribution in [0.15, 0.2) is 65.6 Å². The zero-order valence-electron chi connectivity index (χ0n) is 19.3. The van der Waals surface area contributed by atoms with Crippen LogP contribution in [0.5, 0.6) is 5.75 Å². The summed E-state index contributed by atoms with van der Waals surface area (Å²) in [7, 11) is -2.62. The van der Waals surface area contributed by atoms with E-state index >= 15 is 0 Å². The molecule has 2 N–H and O–H groups in total. The number of esters is 1. The van der Waals surface area contributed by atoms with Gasteiger partial charge in [-0.25, -0.2) is 13.2 Å². The zero-order chi connectivity index (χ0) is 24.9. The molecule has 1 amide bonds. The summed E-state index contributed by atoms with van der Waals surface area (Å²) in [4.78, 5) is 24.2. The molecule has 9 heteroatoms. The van der Waals surface area contributed by atoms with Crippen LogP contribution in [0, 0.1) is 20.8 Å². The van der Waals surface area contributed by atoms with E-state index in [1.165, 1.54) is 19.2 Å². The van der Waals surface area contributed by atoms with Crippen molar-refractivity contribution in [2.75, 3.05) is 23.8 Å². The lowest BCUT2D eigenvalue weighted by molar-refractivity contribution is -0.142. The molecule has 0 unspecified atom stereocenters. The third-order valence-electron chi connectivity index (χ3n) is 5.18. The molecule has 8 nitrogen and oxygen atoms in total. The van der Waals surface area contributed by atoms with Crippen molar-refractivity contribution in [1.82, 2.24) is 0 Å². The first-order valence-corrected chi connectivity index (χ1v) is 11.9. The number of carbonyl (C=O) groups is 2. The van der Waals surface area contributed by atoms with Gasteiger partial charge in [0.1, 0.15) is 5.75 Å². The van der Waals surface area contributed by atoms with Gasteiger partial charge in [-0.2, -0.15) is 0 Å². The molecule has 3 aromatic carbocycles. The molecular weight excluding hydrogens is 456 g/mol.